The first-order valence-electron chi connectivity index (χ1n) is 6.26. The lowest BCUT2D eigenvalue weighted by Crippen LogP contribution is -2.39. The molecule has 6 nitrogen and oxygen atoms in total. The minimum Gasteiger partial charge on any atom is -0.444 e. The van der Waals surface area contributed by atoms with E-state index in [0.717, 1.165) is 0 Å². The molecule has 0 fully saturated rings. The second kappa shape index (κ2) is 10.8. The van der Waals surface area contributed by atoms with Crippen LogP contribution in [0.3, 0.4) is 0 Å². The van der Waals surface area contributed by atoms with Crippen molar-refractivity contribution in [2.24, 2.45) is 0 Å². The summed E-state index contributed by atoms with van der Waals surface area (Å²) in [6.45, 7) is 11.8. The highest BCUT2D eigenvalue weighted by atomic mass is 28.5. The highest BCUT2D eigenvalue weighted by Gasteiger charge is 2.20. The molecule has 12 heteroatoms. The first kappa shape index (κ1) is 19.1. The third-order valence-electron chi connectivity index (χ3n) is 1.94. The van der Waals surface area contributed by atoms with Gasteiger partial charge in [-0.1, -0.05) is 6.55 Å². The topological polar surface area (TPSA) is 66.4 Å². The Balaban J connectivity index is 3.82. The van der Waals surface area contributed by atoms with Crippen molar-refractivity contribution in [1.82, 2.24) is 0 Å². The van der Waals surface area contributed by atoms with Crippen LogP contribution in [0.15, 0.2) is 0 Å². The molecule has 18 heavy (non-hydrogen) atoms. The molecule has 1 N–H and O–H groups in total. The zero-order valence-electron chi connectivity index (χ0n) is 12.1. The normalized spacial score (nSPS) is 20.8. The SMILES string of the molecule is C[SiH2]O[SiH](C)O[SiH](C)O[SiH](C)O[SiH](C)O[SiH](C)O. The van der Waals surface area contributed by atoms with Gasteiger partial charge in [0.05, 0.1) is 0 Å². The Morgan fingerprint density at radius 2 is 1.11 bits per heavy atom. The molecule has 0 aliphatic heterocycles. The van der Waals surface area contributed by atoms with Crippen LogP contribution in [0, 0.1) is 0 Å². The van der Waals surface area contributed by atoms with E-state index in [2.05, 4.69) is 6.55 Å². The van der Waals surface area contributed by atoms with Crippen LogP contribution in [0.2, 0.25) is 39.3 Å². The predicted octanol–water partition coefficient (Wildman–Crippen LogP) is -1.55. The lowest BCUT2D eigenvalue weighted by molar-refractivity contribution is 0.325. The fourth-order valence-electron chi connectivity index (χ4n) is 1.46. The summed E-state index contributed by atoms with van der Waals surface area (Å²) >= 11 is 0. The van der Waals surface area contributed by atoms with Gasteiger partial charge in [0.15, 0.2) is 0 Å². The first-order chi connectivity index (χ1) is 8.35. The number of rotatable bonds is 10. The van der Waals surface area contributed by atoms with E-state index in [4.69, 9.17) is 20.6 Å². The summed E-state index contributed by atoms with van der Waals surface area (Å²) in [5.74, 6) is 0. The molecule has 5 unspecified atom stereocenters. The Bertz CT molecular complexity index is 211. The second-order valence-electron chi connectivity index (χ2n) is 3.87. The van der Waals surface area contributed by atoms with Gasteiger partial charge in [-0.25, -0.2) is 0 Å². The third-order valence-corrected chi connectivity index (χ3v) is 17.5. The van der Waals surface area contributed by atoms with Crippen molar-refractivity contribution in [2.75, 3.05) is 0 Å². The van der Waals surface area contributed by atoms with Gasteiger partial charge in [0.1, 0.15) is 9.76 Å². The summed E-state index contributed by atoms with van der Waals surface area (Å²) in [5.41, 5.74) is 0. The average molecular weight is 363 g/mol. The molecule has 110 valence electrons. The van der Waals surface area contributed by atoms with Crippen molar-refractivity contribution in [3.63, 3.8) is 0 Å². The van der Waals surface area contributed by atoms with Crippen LogP contribution in [0.1, 0.15) is 0 Å². The summed E-state index contributed by atoms with van der Waals surface area (Å²) in [4.78, 5) is 9.22. The van der Waals surface area contributed by atoms with E-state index in [1.807, 2.05) is 26.2 Å². The maximum Gasteiger partial charge on any atom is 0.306 e. The molecule has 0 aromatic rings. The van der Waals surface area contributed by atoms with E-state index in [9.17, 15) is 4.80 Å². The van der Waals surface area contributed by atoms with E-state index in [1.54, 1.807) is 6.55 Å². The Kier molecular flexibility index (Phi) is 11.4. The zero-order chi connectivity index (χ0) is 14.1. The van der Waals surface area contributed by atoms with Crippen molar-refractivity contribution >= 4 is 56.2 Å². The quantitative estimate of drug-likeness (QED) is 0.474. The summed E-state index contributed by atoms with van der Waals surface area (Å²) in [5, 5.41) is 0. The maximum absolute atomic E-state index is 9.22. The molecule has 0 saturated carbocycles. The van der Waals surface area contributed by atoms with Crippen molar-refractivity contribution in [1.29, 1.82) is 0 Å². The Morgan fingerprint density at radius 3 is 1.50 bits per heavy atom. The minimum atomic E-state index is -1.98. The molecular weight excluding hydrogens is 337 g/mol. The van der Waals surface area contributed by atoms with Gasteiger partial charge in [-0.2, -0.15) is 0 Å². The van der Waals surface area contributed by atoms with E-state index in [-0.39, 0.29) is 9.76 Å². The van der Waals surface area contributed by atoms with Gasteiger partial charge in [0.2, 0.25) is 0 Å². The molecule has 0 aliphatic rings. The molecule has 5 atom stereocenters. The average Bonchev–Trinajstić information content (AvgIpc) is 2.14. The van der Waals surface area contributed by atoms with Crippen molar-refractivity contribution in [2.45, 2.75) is 39.3 Å². The fourth-order valence-corrected chi connectivity index (χ4v) is 15.6. The monoisotopic (exact) mass is 362 g/mol. The van der Waals surface area contributed by atoms with Gasteiger partial charge >= 0.3 is 9.28 Å². The van der Waals surface area contributed by atoms with Crippen LogP contribution in [0.5, 0.6) is 0 Å². The number of hydrogen-bond donors (Lipinski definition) is 1. The van der Waals surface area contributed by atoms with Crippen LogP contribution in [0.4, 0.5) is 0 Å². The van der Waals surface area contributed by atoms with Gasteiger partial charge < -0.3 is 25.4 Å². The molecule has 0 bridgehead atoms. The van der Waals surface area contributed by atoms with Gasteiger partial charge in [0, 0.05) is 0 Å². The Hall–Kier alpha value is 1.06. The van der Waals surface area contributed by atoms with Gasteiger partial charge in [0.25, 0.3) is 37.1 Å². The molecular formula is C6H26O6Si6. The van der Waals surface area contributed by atoms with E-state index in [1.165, 1.54) is 0 Å². The predicted molar refractivity (Wildman–Crippen MR) is 87.1 cm³/mol. The van der Waals surface area contributed by atoms with Gasteiger partial charge in [-0.15, -0.1) is 0 Å². The highest BCUT2D eigenvalue weighted by Crippen LogP contribution is 2.01. The highest BCUT2D eigenvalue weighted by molar-refractivity contribution is 6.69. The molecule has 0 aromatic heterocycles. The Morgan fingerprint density at radius 1 is 0.722 bits per heavy atom. The van der Waals surface area contributed by atoms with Gasteiger partial charge in [-0.05, 0) is 32.7 Å². The Labute approximate surface area is 121 Å². The van der Waals surface area contributed by atoms with Crippen molar-refractivity contribution < 1.29 is 25.4 Å². The molecule has 0 saturated heterocycles. The molecule has 0 aliphatic carbocycles. The standard InChI is InChI=1S/C6H26O6Si6/c1-13-8-15(3)10-17(5)12-18(6)11-16(4)9-14(2)7/h7,14-18H,13H2,1-6H3. The van der Waals surface area contributed by atoms with E-state index in [0.29, 0.717) is 0 Å². The van der Waals surface area contributed by atoms with Crippen molar-refractivity contribution in [3.05, 3.63) is 0 Å². The summed E-state index contributed by atoms with van der Waals surface area (Å²) in [6, 6.07) is 0. The molecule has 0 aromatic carbocycles. The summed E-state index contributed by atoms with van der Waals surface area (Å²) in [7, 11) is -8.88. The largest absolute Gasteiger partial charge is 0.444 e. The molecule has 0 heterocycles. The second-order valence-corrected chi connectivity index (χ2v) is 15.9. The number of hydrogen-bond acceptors (Lipinski definition) is 6. The van der Waals surface area contributed by atoms with Crippen molar-refractivity contribution in [3.8, 4) is 0 Å². The van der Waals surface area contributed by atoms with Crippen LogP contribution in [-0.2, 0) is 20.6 Å². The molecule has 0 rings (SSSR count). The summed E-state index contributed by atoms with van der Waals surface area (Å²) < 4.78 is 28.2. The van der Waals surface area contributed by atoms with Gasteiger partial charge in [-0.3, -0.25) is 0 Å². The molecule has 0 amide bonds. The minimum absolute atomic E-state index is 0.387. The van der Waals surface area contributed by atoms with Crippen LogP contribution < -0.4 is 0 Å². The van der Waals surface area contributed by atoms with Crippen LogP contribution in [0.25, 0.3) is 0 Å². The molecule has 0 spiro atoms. The lowest BCUT2D eigenvalue weighted by atomic mass is 11.9. The van der Waals surface area contributed by atoms with E-state index < -0.39 is 46.4 Å². The molecule has 0 radical (unpaired) electrons. The first-order valence-corrected chi connectivity index (χ1v) is 18.8. The lowest BCUT2D eigenvalue weighted by Gasteiger charge is -2.23. The van der Waals surface area contributed by atoms with Crippen LogP contribution >= 0.6 is 0 Å². The maximum atomic E-state index is 9.22. The van der Waals surface area contributed by atoms with Crippen LogP contribution in [-0.4, -0.2) is 61.0 Å². The fraction of sp³-hybridized carbons (Fsp3) is 1.00. The smallest absolute Gasteiger partial charge is 0.306 e. The zero-order valence-corrected chi connectivity index (χ0v) is 19.3. The summed E-state index contributed by atoms with van der Waals surface area (Å²) in [6.07, 6.45) is 0. The third kappa shape index (κ3) is 10.9. The van der Waals surface area contributed by atoms with E-state index >= 15 is 0 Å².